The molecule has 0 saturated heterocycles. The van der Waals surface area contributed by atoms with E-state index in [1.54, 1.807) is 0 Å². The Morgan fingerprint density at radius 3 is 2.84 bits per heavy atom. The molecule has 1 fully saturated rings. The minimum Gasteiger partial charge on any atom is -0.445 e. The van der Waals surface area contributed by atoms with Crippen molar-refractivity contribution in [2.45, 2.75) is 31.5 Å². The van der Waals surface area contributed by atoms with Crippen LogP contribution in [0.5, 0.6) is 0 Å². The summed E-state index contributed by atoms with van der Waals surface area (Å²) in [6, 6.07) is 16.3. The Morgan fingerprint density at radius 1 is 1.16 bits per heavy atom. The van der Waals surface area contributed by atoms with Crippen molar-refractivity contribution in [3.63, 3.8) is 0 Å². The third-order valence-electron chi connectivity index (χ3n) is 4.48. The van der Waals surface area contributed by atoms with E-state index in [1.165, 1.54) is 0 Å². The molecule has 0 unspecified atom stereocenters. The van der Waals surface area contributed by atoms with Crippen molar-refractivity contribution in [1.82, 2.24) is 15.5 Å². The smallest absolute Gasteiger partial charge is 0.407 e. The summed E-state index contributed by atoms with van der Waals surface area (Å²) in [6.07, 6.45) is 3.24. The van der Waals surface area contributed by atoms with Gasteiger partial charge in [-0.25, -0.2) is 4.79 Å². The number of nitrogens with zero attached hydrogens (tertiary/aromatic N) is 1. The molecule has 4 rings (SSSR count). The number of rotatable bonds is 5. The van der Waals surface area contributed by atoms with Crippen LogP contribution in [0.3, 0.4) is 0 Å². The molecule has 0 aliphatic heterocycles. The zero-order valence-electron chi connectivity index (χ0n) is 13.7. The number of hydrogen-bond donors (Lipinski definition) is 3. The van der Waals surface area contributed by atoms with E-state index in [1.807, 2.05) is 48.7 Å². The molecule has 2 aromatic carbocycles. The fraction of sp³-hybridized carbons (Fsp3) is 0.263. The minimum absolute atomic E-state index is 0.165. The van der Waals surface area contributed by atoms with Crippen LogP contribution in [0.4, 0.5) is 10.5 Å². The highest BCUT2D eigenvalue weighted by Crippen LogP contribution is 2.26. The van der Waals surface area contributed by atoms with Gasteiger partial charge in [-0.2, -0.15) is 5.10 Å². The van der Waals surface area contributed by atoms with Crippen molar-refractivity contribution in [3.8, 4) is 0 Å². The highest BCUT2D eigenvalue weighted by Gasteiger charge is 2.30. The van der Waals surface area contributed by atoms with Gasteiger partial charge in [-0.05, 0) is 36.6 Å². The number of ether oxygens (including phenoxy) is 1. The maximum Gasteiger partial charge on any atom is 0.407 e. The highest BCUT2D eigenvalue weighted by atomic mass is 16.5. The van der Waals surface area contributed by atoms with Gasteiger partial charge in [0.05, 0.1) is 11.7 Å². The summed E-state index contributed by atoms with van der Waals surface area (Å²) in [5.74, 6) is 0. The summed E-state index contributed by atoms with van der Waals surface area (Å²) in [5, 5.41) is 14.5. The van der Waals surface area contributed by atoms with Crippen LogP contribution in [-0.4, -0.2) is 28.4 Å². The van der Waals surface area contributed by atoms with Gasteiger partial charge in [0.25, 0.3) is 0 Å². The molecular weight excluding hydrogens is 316 g/mol. The van der Waals surface area contributed by atoms with E-state index in [0.29, 0.717) is 12.6 Å². The number of anilines is 1. The first-order chi connectivity index (χ1) is 12.3. The Kier molecular flexibility index (Phi) is 4.24. The number of alkyl carbamates (subject to hydrolysis) is 1. The predicted octanol–water partition coefficient (Wildman–Crippen LogP) is 3.43. The SMILES string of the molecule is O=C(NC1CC(Nc2ccc3[nH]ncc3c2)C1)OCc1ccccc1. The Labute approximate surface area is 145 Å². The van der Waals surface area contributed by atoms with Gasteiger partial charge in [0.1, 0.15) is 6.61 Å². The Bertz CT molecular complexity index is 856. The quantitative estimate of drug-likeness (QED) is 0.667. The van der Waals surface area contributed by atoms with Gasteiger partial charge < -0.3 is 15.4 Å². The lowest BCUT2D eigenvalue weighted by Crippen LogP contribution is -2.49. The van der Waals surface area contributed by atoms with Gasteiger partial charge in [0.15, 0.2) is 0 Å². The number of nitrogens with one attached hydrogen (secondary N) is 3. The first kappa shape index (κ1) is 15.5. The van der Waals surface area contributed by atoms with Gasteiger partial charge in [-0.3, -0.25) is 5.10 Å². The number of carbonyl (C=O) groups is 1. The number of aromatic amines is 1. The van der Waals surface area contributed by atoms with Gasteiger partial charge >= 0.3 is 6.09 Å². The molecule has 0 spiro atoms. The van der Waals surface area contributed by atoms with Crippen LogP contribution < -0.4 is 10.6 Å². The topological polar surface area (TPSA) is 79.0 Å². The number of amides is 1. The number of fused-ring (bicyclic) bond motifs is 1. The lowest BCUT2D eigenvalue weighted by Gasteiger charge is -2.36. The molecule has 6 heteroatoms. The summed E-state index contributed by atoms with van der Waals surface area (Å²) in [5.41, 5.74) is 3.09. The number of benzene rings is 2. The van der Waals surface area contributed by atoms with Crippen LogP contribution in [0.15, 0.2) is 54.7 Å². The largest absolute Gasteiger partial charge is 0.445 e. The molecular formula is C19H20N4O2. The monoisotopic (exact) mass is 336 g/mol. The van der Waals surface area contributed by atoms with Crippen molar-refractivity contribution >= 4 is 22.7 Å². The second-order valence-electron chi connectivity index (χ2n) is 6.39. The normalized spacial score (nSPS) is 19.2. The molecule has 1 aliphatic rings. The van der Waals surface area contributed by atoms with Crippen molar-refractivity contribution in [2.75, 3.05) is 5.32 Å². The van der Waals surface area contributed by atoms with Crippen LogP contribution in [0.25, 0.3) is 10.9 Å². The first-order valence-corrected chi connectivity index (χ1v) is 8.43. The molecule has 6 nitrogen and oxygen atoms in total. The number of H-pyrrole nitrogens is 1. The average molecular weight is 336 g/mol. The average Bonchev–Trinajstić information content (AvgIpc) is 3.07. The molecule has 0 atom stereocenters. The summed E-state index contributed by atoms with van der Waals surface area (Å²) in [4.78, 5) is 11.8. The van der Waals surface area contributed by atoms with E-state index in [9.17, 15) is 4.79 Å². The van der Waals surface area contributed by atoms with Gasteiger partial charge in [-0.1, -0.05) is 30.3 Å². The summed E-state index contributed by atoms with van der Waals surface area (Å²) in [6.45, 7) is 0.297. The molecule has 0 bridgehead atoms. The van der Waals surface area contributed by atoms with Crippen LogP contribution in [0, 0.1) is 0 Å². The van der Waals surface area contributed by atoms with Crippen molar-refractivity contribution in [1.29, 1.82) is 0 Å². The lowest BCUT2D eigenvalue weighted by atomic mass is 9.86. The second kappa shape index (κ2) is 6.84. The molecule has 1 aliphatic carbocycles. The van der Waals surface area contributed by atoms with Crippen molar-refractivity contribution < 1.29 is 9.53 Å². The molecule has 3 N–H and O–H groups in total. The van der Waals surface area contributed by atoms with Crippen molar-refractivity contribution in [2.24, 2.45) is 0 Å². The van der Waals surface area contributed by atoms with E-state index >= 15 is 0 Å². The standard InChI is InChI=1S/C19H20N4O2/c24-19(25-12-13-4-2-1-3-5-13)22-17-9-16(10-17)21-15-6-7-18-14(8-15)11-20-23-18/h1-8,11,16-17,21H,9-10,12H2,(H,20,23)(H,22,24). The van der Waals surface area contributed by atoms with Gasteiger partial charge in [0, 0.05) is 23.2 Å². The van der Waals surface area contributed by atoms with E-state index in [0.717, 1.165) is 35.0 Å². The van der Waals surface area contributed by atoms with Gasteiger partial charge in [-0.15, -0.1) is 0 Å². The molecule has 1 heterocycles. The highest BCUT2D eigenvalue weighted by molar-refractivity contribution is 5.81. The molecule has 25 heavy (non-hydrogen) atoms. The Balaban J connectivity index is 1.20. The van der Waals surface area contributed by atoms with E-state index < -0.39 is 0 Å². The predicted molar refractivity (Wildman–Crippen MR) is 96.3 cm³/mol. The Hall–Kier alpha value is -3.02. The van der Waals surface area contributed by atoms with Crippen LogP contribution in [0.1, 0.15) is 18.4 Å². The number of hydrogen-bond acceptors (Lipinski definition) is 4. The first-order valence-electron chi connectivity index (χ1n) is 8.43. The second-order valence-corrected chi connectivity index (χ2v) is 6.39. The zero-order valence-corrected chi connectivity index (χ0v) is 13.7. The minimum atomic E-state index is -0.355. The third kappa shape index (κ3) is 3.74. The summed E-state index contributed by atoms with van der Waals surface area (Å²) >= 11 is 0. The third-order valence-corrected chi connectivity index (χ3v) is 4.48. The lowest BCUT2D eigenvalue weighted by molar-refractivity contribution is 0.129. The molecule has 3 aromatic rings. The van der Waals surface area contributed by atoms with E-state index in [4.69, 9.17) is 4.74 Å². The van der Waals surface area contributed by atoms with Crippen molar-refractivity contribution in [3.05, 3.63) is 60.3 Å². The maximum absolute atomic E-state index is 11.8. The van der Waals surface area contributed by atoms with Crippen LogP contribution >= 0.6 is 0 Å². The molecule has 0 radical (unpaired) electrons. The fourth-order valence-corrected chi connectivity index (χ4v) is 3.05. The summed E-state index contributed by atoms with van der Waals surface area (Å²) < 4.78 is 5.25. The van der Waals surface area contributed by atoms with Crippen LogP contribution in [-0.2, 0) is 11.3 Å². The van der Waals surface area contributed by atoms with Crippen LogP contribution in [0.2, 0.25) is 0 Å². The van der Waals surface area contributed by atoms with Gasteiger partial charge in [0.2, 0.25) is 0 Å². The Morgan fingerprint density at radius 2 is 2.00 bits per heavy atom. The molecule has 1 aromatic heterocycles. The maximum atomic E-state index is 11.8. The summed E-state index contributed by atoms with van der Waals surface area (Å²) in [7, 11) is 0. The zero-order chi connectivity index (χ0) is 17.1. The van der Waals surface area contributed by atoms with E-state index in [2.05, 4.69) is 26.9 Å². The number of carbonyl (C=O) groups excluding carboxylic acids is 1. The fourth-order valence-electron chi connectivity index (χ4n) is 3.05. The molecule has 1 amide bonds. The van der Waals surface area contributed by atoms with E-state index in [-0.39, 0.29) is 12.1 Å². The number of aromatic nitrogens is 2. The molecule has 1 saturated carbocycles. The molecule has 128 valence electrons.